The van der Waals surface area contributed by atoms with E-state index in [4.69, 9.17) is 0 Å². The number of hydrogen-bond acceptors (Lipinski definition) is 2. The van der Waals surface area contributed by atoms with Gasteiger partial charge in [0.05, 0.1) is 0 Å². The SMILES string of the molecule is CCCCCCCCCC(=O)NCC1CCCN1C(=O)CCCCCCCCC. The van der Waals surface area contributed by atoms with Crippen LogP contribution in [0.5, 0.6) is 0 Å². The molecule has 0 aromatic heterocycles. The Hall–Kier alpha value is -1.06. The molecule has 0 bridgehead atoms. The molecule has 0 aliphatic carbocycles. The third-order valence-corrected chi connectivity index (χ3v) is 6.23. The Morgan fingerprint density at radius 3 is 1.86 bits per heavy atom. The Morgan fingerprint density at radius 2 is 1.28 bits per heavy atom. The lowest BCUT2D eigenvalue weighted by Crippen LogP contribution is -2.43. The van der Waals surface area contributed by atoms with Crippen LogP contribution in [0.3, 0.4) is 0 Å². The van der Waals surface area contributed by atoms with Crippen molar-refractivity contribution in [2.24, 2.45) is 0 Å². The summed E-state index contributed by atoms with van der Waals surface area (Å²) in [5.41, 5.74) is 0. The van der Waals surface area contributed by atoms with E-state index in [1.54, 1.807) is 0 Å². The summed E-state index contributed by atoms with van der Waals surface area (Å²) in [4.78, 5) is 26.7. The van der Waals surface area contributed by atoms with Crippen LogP contribution in [0.4, 0.5) is 0 Å². The molecule has 1 aliphatic heterocycles. The fourth-order valence-electron chi connectivity index (χ4n) is 4.32. The van der Waals surface area contributed by atoms with Crippen molar-refractivity contribution in [1.82, 2.24) is 10.2 Å². The van der Waals surface area contributed by atoms with Gasteiger partial charge in [-0.3, -0.25) is 9.59 Å². The molecule has 0 spiro atoms. The summed E-state index contributed by atoms with van der Waals surface area (Å²) in [5.74, 6) is 0.451. The van der Waals surface area contributed by atoms with Crippen molar-refractivity contribution < 1.29 is 9.59 Å². The minimum Gasteiger partial charge on any atom is -0.354 e. The van der Waals surface area contributed by atoms with Gasteiger partial charge in [-0.2, -0.15) is 0 Å². The van der Waals surface area contributed by atoms with Crippen LogP contribution in [0, 0.1) is 0 Å². The molecular weight excluding hydrogens is 360 g/mol. The molecule has 1 heterocycles. The van der Waals surface area contributed by atoms with Crippen molar-refractivity contribution >= 4 is 11.8 Å². The average Bonchev–Trinajstić information content (AvgIpc) is 3.19. The number of amides is 2. The van der Waals surface area contributed by atoms with Gasteiger partial charge in [-0.1, -0.05) is 90.9 Å². The number of likely N-dealkylation sites (tertiary alicyclic amines) is 1. The van der Waals surface area contributed by atoms with Crippen molar-refractivity contribution in [1.29, 1.82) is 0 Å². The van der Waals surface area contributed by atoms with Gasteiger partial charge >= 0.3 is 0 Å². The number of rotatable bonds is 18. The van der Waals surface area contributed by atoms with Crippen LogP contribution in [0.25, 0.3) is 0 Å². The van der Waals surface area contributed by atoms with Crippen LogP contribution in [0.1, 0.15) is 129 Å². The predicted molar refractivity (Wildman–Crippen MR) is 123 cm³/mol. The van der Waals surface area contributed by atoms with Crippen molar-refractivity contribution in [3.8, 4) is 0 Å². The average molecular weight is 409 g/mol. The third-order valence-electron chi connectivity index (χ3n) is 6.23. The fraction of sp³-hybridized carbons (Fsp3) is 0.920. The van der Waals surface area contributed by atoms with E-state index in [0.717, 1.165) is 38.6 Å². The molecule has 1 N–H and O–H groups in total. The van der Waals surface area contributed by atoms with E-state index in [-0.39, 0.29) is 11.9 Å². The van der Waals surface area contributed by atoms with Crippen LogP contribution < -0.4 is 5.32 Å². The maximum atomic E-state index is 12.6. The topological polar surface area (TPSA) is 49.4 Å². The first-order valence-electron chi connectivity index (χ1n) is 12.7. The molecule has 1 unspecified atom stereocenters. The van der Waals surface area contributed by atoms with Gasteiger partial charge < -0.3 is 10.2 Å². The van der Waals surface area contributed by atoms with Gasteiger partial charge in [0.15, 0.2) is 0 Å². The minimum atomic E-state index is 0.157. The Labute approximate surface area is 180 Å². The maximum absolute atomic E-state index is 12.6. The molecule has 4 nitrogen and oxygen atoms in total. The lowest BCUT2D eigenvalue weighted by molar-refractivity contribution is -0.132. The lowest BCUT2D eigenvalue weighted by atomic mass is 10.1. The van der Waals surface area contributed by atoms with E-state index in [2.05, 4.69) is 19.2 Å². The molecule has 0 aromatic rings. The first kappa shape index (κ1) is 26.0. The summed E-state index contributed by atoms with van der Waals surface area (Å²) in [7, 11) is 0. The van der Waals surface area contributed by atoms with Crippen LogP contribution in [0.2, 0.25) is 0 Å². The Bertz CT molecular complexity index is 425. The monoisotopic (exact) mass is 408 g/mol. The van der Waals surface area contributed by atoms with Crippen molar-refractivity contribution in [2.75, 3.05) is 13.1 Å². The van der Waals surface area contributed by atoms with Crippen molar-refractivity contribution in [3.63, 3.8) is 0 Å². The van der Waals surface area contributed by atoms with Gasteiger partial charge in [0, 0.05) is 32.0 Å². The zero-order valence-corrected chi connectivity index (χ0v) is 19.5. The second-order valence-electron chi connectivity index (χ2n) is 8.93. The molecule has 1 rings (SSSR count). The molecule has 2 amide bonds. The quantitative estimate of drug-likeness (QED) is 0.268. The van der Waals surface area contributed by atoms with Crippen LogP contribution in [-0.2, 0) is 9.59 Å². The number of nitrogens with one attached hydrogen (secondary N) is 1. The molecule has 1 aliphatic rings. The second-order valence-corrected chi connectivity index (χ2v) is 8.93. The highest BCUT2D eigenvalue weighted by Gasteiger charge is 2.28. The number of unbranched alkanes of at least 4 members (excludes halogenated alkanes) is 12. The Morgan fingerprint density at radius 1 is 0.759 bits per heavy atom. The summed E-state index contributed by atoms with van der Waals surface area (Å²) in [6.45, 7) is 5.98. The Kier molecular flexibility index (Phi) is 15.9. The van der Waals surface area contributed by atoms with E-state index in [0.29, 0.717) is 25.3 Å². The second kappa shape index (κ2) is 17.8. The molecule has 4 heteroatoms. The van der Waals surface area contributed by atoms with Crippen LogP contribution in [0.15, 0.2) is 0 Å². The molecule has 0 aromatic carbocycles. The highest BCUT2D eigenvalue weighted by molar-refractivity contribution is 5.77. The summed E-state index contributed by atoms with van der Waals surface area (Å²) < 4.78 is 0. The molecule has 29 heavy (non-hydrogen) atoms. The van der Waals surface area contributed by atoms with Gasteiger partial charge in [0.1, 0.15) is 0 Å². The van der Waals surface area contributed by atoms with Gasteiger partial charge in [0.2, 0.25) is 11.8 Å². The molecule has 0 radical (unpaired) electrons. The Balaban J connectivity index is 2.09. The fourth-order valence-corrected chi connectivity index (χ4v) is 4.32. The molecule has 1 saturated heterocycles. The number of carbonyl (C=O) groups is 2. The van der Waals surface area contributed by atoms with E-state index >= 15 is 0 Å². The molecule has 1 fully saturated rings. The van der Waals surface area contributed by atoms with Gasteiger partial charge in [-0.05, 0) is 25.7 Å². The van der Waals surface area contributed by atoms with E-state index in [1.807, 2.05) is 4.90 Å². The highest BCUT2D eigenvalue weighted by Crippen LogP contribution is 2.19. The minimum absolute atomic E-state index is 0.157. The highest BCUT2D eigenvalue weighted by atomic mass is 16.2. The molecule has 1 atom stereocenters. The van der Waals surface area contributed by atoms with E-state index < -0.39 is 0 Å². The molecule has 170 valence electrons. The summed E-state index contributed by atoms with van der Waals surface area (Å²) in [6, 6.07) is 0.213. The van der Waals surface area contributed by atoms with Gasteiger partial charge in [-0.15, -0.1) is 0 Å². The van der Waals surface area contributed by atoms with Gasteiger partial charge in [-0.25, -0.2) is 0 Å². The first-order chi connectivity index (χ1) is 14.2. The predicted octanol–water partition coefficient (Wildman–Crippen LogP) is 6.38. The summed E-state index contributed by atoms with van der Waals surface area (Å²) in [6.07, 6.45) is 20.7. The lowest BCUT2D eigenvalue weighted by Gasteiger charge is -2.25. The molecule has 0 saturated carbocycles. The zero-order valence-electron chi connectivity index (χ0n) is 19.5. The van der Waals surface area contributed by atoms with Crippen LogP contribution in [-0.4, -0.2) is 35.8 Å². The standard InChI is InChI=1S/C25H48N2O2/c1-3-5-7-9-11-13-15-19-24(28)26-22-23-18-17-21-27(23)25(29)20-16-14-12-10-8-6-4-2/h23H,3-22H2,1-2H3,(H,26,28). The normalized spacial score (nSPS) is 16.3. The van der Waals surface area contributed by atoms with Crippen molar-refractivity contribution in [2.45, 2.75) is 135 Å². The van der Waals surface area contributed by atoms with E-state index in [9.17, 15) is 9.59 Å². The van der Waals surface area contributed by atoms with E-state index in [1.165, 1.54) is 70.6 Å². The first-order valence-corrected chi connectivity index (χ1v) is 12.7. The zero-order chi connectivity index (χ0) is 21.2. The third kappa shape index (κ3) is 13.0. The largest absolute Gasteiger partial charge is 0.354 e. The number of hydrogen-bond donors (Lipinski definition) is 1. The summed E-state index contributed by atoms with van der Waals surface area (Å²) in [5, 5.41) is 3.08. The smallest absolute Gasteiger partial charge is 0.222 e. The van der Waals surface area contributed by atoms with Crippen molar-refractivity contribution in [3.05, 3.63) is 0 Å². The van der Waals surface area contributed by atoms with Gasteiger partial charge in [0.25, 0.3) is 0 Å². The van der Waals surface area contributed by atoms with Crippen LogP contribution >= 0.6 is 0 Å². The number of carbonyl (C=O) groups excluding carboxylic acids is 2. The summed E-state index contributed by atoms with van der Waals surface area (Å²) >= 11 is 0. The molecular formula is C25H48N2O2. The number of nitrogens with zero attached hydrogens (tertiary/aromatic N) is 1. The maximum Gasteiger partial charge on any atom is 0.222 e.